The zero-order valence-corrected chi connectivity index (χ0v) is 22.0. The molecule has 7 nitrogen and oxygen atoms in total. The Kier molecular flexibility index (Phi) is 6.49. The molecule has 2 heterocycles. The average molecular weight is 575 g/mol. The number of aromatic nitrogens is 2. The van der Waals surface area contributed by atoms with Crippen LogP contribution in [0.2, 0.25) is 0 Å². The molecule has 4 aromatic carbocycles. The second-order valence-electron chi connectivity index (χ2n) is 8.74. The lowest BCUT2D eigenvalue weighted by Crippen LogP contribution is -2.20. The van der Waals surface area contributed by atoms with E-state index in [2.05, 4.69) is 27.1 Å². The minimum Gasteiger partial charge on any atom is -0.489 e. The van der Waals surface area contributed by atoms with Crippen molar-refractivity contribution >= 4 is 44.0 Å². The normalized spacial score (nSPS) is 11.3. The van der Waals surface area contributed by atoms with Crippen molar-refractivity contribution < 1.29 is 9.15 Å². The van der Waals surface area contributed by atoms with Gasteiger partial charge in [-0.25, -0.2) is 4.98 Å². The average Bonchev–Trinajstić information content (AvgIpc) is 3.39. The van der Waals surface area contributed by atoms with Crippen LogP contribution in [0.5, 0.6) is 5.75 Å². The fourth-order valence-corrected chi connectivity index (χ4v) is 4.62. The van der Waals surface area contributed by atoms with Gasteiger partial charge in [0.05, 0.1) is 28.8 Å². The Bertz CT molecular complexity index is 1980. The zero-order chi connectivity index (χ0) is 26.8. The van der Waals surface area contributed by atoms with Gasteiger partial charge in [-0.2, -0.15) is 15.0 Å². The number of ether oxygens (including phenoxy) is 1. The molecule has 2 aromatic heterocycles. The van der Waals surface area contributed by atoms with Crippen molar-refractivity contribution in [1.82, 2.24) is 9.66 Å². The third kappa shape index (κ3) is 4.96. The number of fused-ring (bicyclic) bond motifs is 2. The highest BCUT2D eigenvalue weighted by atomic mass is 79.9. The van der Waals surface area contributed by atoms with E-state index in [0.717, 1.165) is 21.0 Å². The van der Waals surface area contributed by atoms with Gasteiger partial charge in [0.15, 0.2) is 5.76 Å². The number of benzene rings is 4. The number of para-hydroxylation sites is 1. The lowest BCUT2D eigenvalue weighted by Gasteiger charge is -2.09. The summed E-state index contributed by atoms with van der Waals surface area (Å²) in [5.41, 5.74) is 3.02. The van der Waals surface area contributed by atoms with Crippen molar-refractivity contribution in [2.45, 2.75) is 6.61 Å². The van der Waals surface area contributed by atoms with Gasteiger partial charge in [0.25, 0.3) is 5.56 Å². The molecule has 188 valence electrons. The van der Waals surface area contributed by atoms with Gasteiger partial charge in [-0.3, -0.25) is 4.79 Å². The molecule has 6 rings (SSSR count). The molecular weight excluding hydrogens is 556 g/mol. The molecule has 0 amide bonds. The van der Waals surface area contributed by atoms with Gasteiger partial charge >= 0.3 is 0 Å². The summed E-state index contributed by atoms with van der Waals surface area (Å²) in [6, 6.07) is 31.5. The number of furan rings is 1. The van der Waals surface area contributed by atoms with Crippen LogP contribution >= 0.6 is 15.9 Å². The summed E-state index contributed by atoms with van der Waals surface area (Å²) in [6.45, 7) is 0.255. The largest absolute Gasteiger partial charge is 0.489 e. The third-order valence-electron chi connectivity index (χ3n) is 6.17. The standard InChI is InChI=1S/C31H19BrN4O3/c32-24-12-13-28-23(15-24)16-29(39-28)30-35-27-11-4-3-10-26(27)31(37)36(30)34-18-20-6-5-9-25(14-20)38-19-22-8-2-1-7-21(22)17-33/h1-16,18H,19H2. The molecular formula is C31H19BrN4O3. The molecule has 0 N–H and O–H groups in total. The van der Waals surface area contributed by atoms with Gasteiger partial charge in [-0.05, 0) is 60.2 Å². The first-order valence-corrected chi connectivity index (χ1v) is 12.8. The maximum absolute atomic E-state index is 13.5. The second kappa shape index (κ2) is 10.4. The third-order valence-corrected chi connectivity index (χ3v) is 6.66. The molecule has 0 aliphatic rings. The van der Waals surface area contributed by atoms with Gasteiger partial charge in [-0.1, -0.05) is 58.4 Å². The molecule has 0 spiro atoms. The van der Waals surface area contributed by atoms with Crippen LogP contribution < -0.4 is 10.3 Å². The highest BCUT2D eigenvalue weighted by Gasteiger charge is 2.16. The first-order chi connectivity index (χ1) is 19.1. The monoisotopic (exact) mass is 574 g/mol. The summed E-state index contributed by atoms with van der Waals surface area (Å²) in [7, 11) is 0. The summed E-state index contributed by atoms with van der Waals surface area (Å²) >= 11 is 3.48. The van der Waals surface area contributed by atoms with Crippen molar-refractivity contribution in [2.24, 2.45) is 5.10 Å². The van der Waals surface area contributed by atoms with Crippen LogP contribution in [0.4, 0.5) is 0 Å². The SMILES string of the molecule is N#Cc1ccccc1COc1cccc(C=Nn2c(-c3cc4cc(Br)ccc4o3)nc3ccccc3c2=O)c1. The second-order valence-corrected chi connectivity index (χ2v) is 9.65. The van der Waals surface area contributed by atoms with E-state index in [1.165, 1.54) is 4.68 Å². The topological polar surface area (TPSA) is 93.4 Å². The van der Waals surface area contributed by atoms with Crippen LogP contribution in [0.3, 0.4) is 0 Å². The number of rotatable bonds is 6. The van der Waals surface area contributed by atoms with Crippen molar-refractivity contribution in [1.29, 1.82) is 5.26 Å². The summed E-state index contributed by atoms with van der Waals surface area (Å²) in [6.07, 6.45) is 1.58. The minimum absolute atomic E-state index is 0.255. The van der Waals surface area contributed by atoms with E-state index >= 15 is 0 Å². The molecule has 0 fully saturated rings. The summed E-state index contributed by atoms with van der Waals surface area (Å²) in [4.78, 5) is 18.2. The summed E-state index contributed by atoms with van der Waals surface area (Å²) in [5.74, 6) is 1.33. The lowest BCUT2D eigenvalue weighted by atomic mass is 10.1. The van der Waals surface area contributed by atoms with Gasteiger partial charge in [0.2, 0.25) is 5.82 Å². The lowest BCUT2D eigenvalue weighted by molar-refractivity contribution is 0.306. The molecule has 0 radical (unpaired) electrons. The number of halogens is 1. The van der Waals surface area contributed by atoms with Crippen molar-refractivity contribution in [2.75, 3.05) is 0 Å². The van der Waals surface area contributed by atoms with Crippen LogP contribution in [-0.4, -0.2) is 15.9 Å². The smallest absolute Gasteiger partial charge is 0.282 e. The van der Waals surface area contributed by atoms with Crippen LogP contribution in [0, 0.1) is 11.3 Å². The van der Waals surface area contributed by atoms with Crippen molar-refractivity contribution in [3.05, 3.63) is 129 Å². The fourth-order valence-electron chi connectivity index (χ4n) is 4.24. The van der Waals surface area contributed by atoms with E-state index in [1.54, 1.807) is 30.5 Å². The van der Waals surface area contributed by atoms with E-state index in [1.807, 2.05) is 72.8 Å². The maximum atomic E-state index is 13.5. The Morgan fingerprint density at radius 1 is 1.00 bits per heavy atom. The molecule has 0 atom stereocenters. The van der Waals surface area contributed by atoms with Crippen LogP contribution in [0.25, 0.3) is 33.5 Å². The first kappa shape index (κ1) is 24.3. The highest BCUT2D eigenvalue weighted by Crippen LogP contribution is 2.29. The van der Waals surface area contributed by atoms with Gasteiger partial charge < -0.3 is 9.15 Å². The Morgan fingerprint density at radius 3 is 2.74 bits per heavy atom. The molecule has 0 saturated heterocycles. The molecule has 0 aliphatic carbocycles. The highest BCUT2D eigenvalue weighted by molar-refractivity contribution is 9.10. The number of nitrogens with zero attached hydrogens (tertiary/aromatic N) is 4. The Hall–Kier alpha value is -5.00. The molecule has 8 heteroatoms. The van der Waals surface area contributed by atoms with Gasteiger partial charge in [-0.15, -0.1) is 0 Å². The molecule has 39 heavy (non-hydrogen) atoms. The molecule has 0 unspecified atom stereocenters. The van der Waals surface area contributed by atoms with Crippen molar-refractivity contribution in [3.8, 4) is 23.4 Å². The van der Waals surface area contributed by atoms with Crippen LogP contribution in [0.1, 0.15) is 16.7 Å². The molecule has 0 aliphatic heterocycles. The Balaban J connectivity index is 1.37. The predicted octanol–water partition coefficient (Wildman–Crippen LogP) is 6.91. The van der Waals surface area contributed by atoms with Crippen molar-refractivity contribution in [3.63, 3.8) is 0 Å². The van der Waals surface area contributed by atoms with Crippen LogP contribution in [0.15, 0.2) is 116 Å². The number of nitriles is 1. The van der Waals surface area contributed by atoms with E-state index in [0.29, 0.717) is 39.4 Å². The van der Waals surface area contributed by atoms with E-state index < -0.39 is 0 Å². The van der Waals surface area contributed by atoms with E-state index in [9.17, 15) is 10.1 Å². The maximum Gasteiger partial charge on any atom is 0.282 e. The number of hydrogen-bond donors (Lipinski definition) is 0. The first-order valence-electron chi connectivity index (χ1n) is 12.1. The Morgan fingerprint density at radius 2 is 1.85 bits per heavy atom. The Labute approximate surface area is 231 Å². The molecule has 6 aromatic rings. The number of hydrogen-bond acceptors (Lipinski definition) is 6. The zero-order valence-electron chi connectivity index (χ0n) is 20.4. The quantitative estimate of drug-likeness (QED) is 0.201. The van der Waals surface area contributed by atoms with E-state index in [-0.39, 0.29) is 12.2 Å². The molecule has 0 saturated carbocycles. The van der Waals surface area contributed by atoms with E-state index in [4.69, 9.17) is 14.1 Å². The fraction of sp³-hybridized carbons (Fsp3) is 0.0323. The molecule has 0 bridgehead atoms. The predicted molar refractivity (Wildman–Crippen MR) is 154 cm³/mol. The van der Waals surface area contributed by atoms with Gasteiger partial charge in [0, 0.05) is 15.4 Å². The summed E-state index contributed by atoms with van der Waals surface area (Å²) in [5, 5.41) is 15.2. The van der Waals surface area contributed by atoms with Crippen LogP contribution in [-0.2, 0) is 6.61 Å². The van der Waals surface area contributed by atoms with Gasteiger partial charge in [0.1, 0.15) is 17.9 Å². The summed E-state index contributed by atoms with van der Waals surface area (Å²) < 4.78 is 14.2. The minimum atomic E-state index is -0.311.